The molecule has 0 atom stereocenters. The lowest BCUT2D eigenvalue weighted by Crippen LogP contribution is -2.30. The molecule has 0 aliphatic rings. The van der Waals surface area contributed by atoms with Crippen LogP contribution < -0.4 is 10.6 Å². The van der Waals surface area contributed by atoms with Crippen molar-refractivity contribution in [3.05, 3.63) is 41.5 Å². The number of nitrogens with one attached hydrogen (secondary N) is 2. The van der Waals surface area contributed by atoms with E-state index in [-0.39, 0.29) is 11.6 Å². The van der Waals surface area contributed by atoms with Crippen LogP contribution in [-0.2, 0) is 0 Å². The van der Waals surface area contributed by atoms with Gasteiger partial charge in [0.05, 0.1) is 5.56 Å². The molecule has 1 rings (SSSR count). The Hall–Kier alpha value is -1.95. The summed E-state index contributed by atoms with van der Waals surface area (Å²) in [5.41, 5.74) is 2.21. The highest BCUT2D eigenvalue weighted by molar-refractivity contribution is 7.99. The molecule has 2 amide bonds. The molecule has 0 aliphatic heterocycles. The molecule has 0 spiro atoms. The number of carbonyl (C=O) groups excluding carboxylic acids is 1. The van der Waals surface area contributed by atoms with Gasteiger partial charge >= 0.3 is 12.0 Å². The van der Waals surface area contributed by atoms with Gasteiger partial charge in [0.25, 0.3) is 0 Å². The maximum Gasteiger partial charge on any atom is 0.336 e. The predicted molar refractivity (Wildman–Crippen MR) is 87.4 cm³/mol. The molecule has 0 unspecified atom stereocenters. The SMILES string of the molecule is C=CCSCCNC(=O)Nc1cc(C)c(C)c(C(=O)O)c1. The van der Waals surface area contributed by atoms with Crippen molar-refractivity contribution in [1.82, 2.24) is 5.32 Å². The number of carboxylic acids is 1. The number of anilines is 1. The van der Waals surface area contributed by atoms with Gasteiger partial charge in [0.1, 0.15) is 0 Å². The standard InChI is InChI=1S/C15H20N2O3S/c1-4-6-21-7-5-16-15(20)17-12-8-10(2)11(3)13(9-12)14(18)19/h4,8-9H,1,5-7H2,2-3H3,(H,18,19)(H2,16,17,20). The Morgan fingerprint density at radius 3 is 2.71 bits per heavy atom. The summed E-state index contributed by atoms with van der Waals surface area (Å²) in [4.78, 5) is 22.9. The first-order chi connectivity index (χ1) is 9.95. The van der Waals surface area contributed by atoms with E-state index >= 15 is 0 Å². The highest BCUT2D eigenvalue weighted by Gasteiger charge is 2.12. The molecule has 0 heterocycles. The fourth-order valence-electron chi connectivity index (χ4n) is 1.73. The summed E-state index contributed by atoms with van der Waals surface area (Å²) in [7, 11) is 0. The van der Waals surface area contributed by atoms with Crippen molar-refractivity contribution in [2.45, 2.75) is 13.8 Å². The average molecular weight is 308 g/mol. The van der Waals surface area contributed by atoms with Gasteiger partial charge in [-0.25, -0.2) is 9.59 Å². The van der Waals surface area contributed by atoms with Crippen LogP contribution in [0.25, 0.3) is 0 Å². The molecule has 5 nitrogen and oxygen atoms in total. The van der Waals surface area contributed by atoms with Crippen LogP contribution in [0, 0.1) is 13.8 Å². The quantitative estimate of drug-likeness (QED) is 0.534. The molecule has 0 radical (unpaired) electrons. The lowest BCUT2D eigenvalue weighted by Gasteiger charge is -2.11. The topological polar surface area (TPSA) is 78.4 Å². The third-order valence-corrected chi connectivity index (χ3v) is 3.89. The molecule has 1 aromatic carbocycles. The van der Waals surface area contributed by atoms with E-state index in [1.165, 1.54) is 6.07 Å². The van der Waals surface area contributed by atoms with Gasteiger partial charge in [-0.3, -0.25) is 0 Å². The molecule has 0 bridgehead atoms. The van der Waals surface area contributed by atoms with Gasteiger partial charge in [0.15, 0.2) is 0 Å². The molecule has 0 aromatic heterocycles. The summed E-state index contributed by atoms with van der Waals surface area (Å²) in [6.07, 6.45) is 1.81. The summed E-state index contributed by atoms with van der Waals surface area (Å²) < 4.78 is 0. The zero-order valence-corrected chi connectivity index (χ0v) is 13.0. The van der Waals surface area contributed by atoms with Crippen molar-refractivity contribution in [2.24, 2.45) is 0 Å². The van der Waals surface area contributed by atoms with Crippen LogP contribution in [0.2, 0.25) is 0 Å². The molecule has 0 saturated heterocycles. The summed E-state index contributed by atoms with van der Waals surface area (Å²) in [5.74, 6) is 0.648. The van der Waals surface area contributed by atoms with E-state index in [1.54, 1.807) is 24.8 Å². The minimum atomic E-state index is -1.000. The van der Waals surface area contributed by atoms with E-state index in [9.17, 15) is 9.59 Å². The number of benzene rings is 1. The predicted octanol–water partition coefficient (Wildman–Crippen LogP) is 3.04. The lowest BCUT2D eigenvalue weighted by molar-refractivity contribution is 0.0696. The number of rotatable bonds is 7. The van der Waals surface area contributed by atoms with Crippen molar-refractivity contribution in [3.8, 4) is 0 Å². The Balaban J connectivity index is 2.60. The van der Waals surface area contributed by atoms with Gasteiger partial charge in [-0.05, 0) is 37.1 Å². The molecular weight excluding hydrogens is 288 g/mol. The Bertz CT molecular complexity index is 544. The van der Waals surface area contributed by atoms with Crippen molar-refractivity contribution < 1.29 is 14.7 Å². The Morgan fingerprint density at radius 2 is 2.10 bits per heavy atom. The fraction of sp³-hybridized carbons (Fsp3) is 0.333. The van der Waals surface area contributed by atoms with Crippen LogP contribution in [0.3, 0.4) is 0 Å². The highest BCUT2D eigenvalue weighted by Crippen LogP contribution is 2.20. The zero-order valence-electron chi connectivity index (χ0n) is 12.2. The van der Waals surface area contributed by atoms with Gasteiger partial charge in [-0.1, -0.05) is 6.08 Å². The van der Waals surface area contributed by atoms with Crippen molar-refractivity contribution in [3.63, 3.8) is 0 Å². The van der Waals surface area contributed by atoms with E-state index in [1.807, 2.05) is 13.0 Å². The Morgan fingerprint density at radius 1 is 1.38 bits per heavy atom. The first kappa shape index (κ1) is 17.1. The van der Waals surface area contributed by atoms with Gasteiger partial charge in [-0.2, -0.15) is 11.8 Å². The lowest BCUT2D eigenvalue weighted by atomic mass is 10.0. The number of amides is 2. The molecule has 0 fully saturated rings. The van der Waals surface area contributed by atoms with Gasteiger partial charge in [0, 0.05) is 23.7 Å². The second kappa shape index (κ2) is 8.36. The maximum absolute atomic E-state index is 11.7. The highest BCUT2D eigenvalue weighted by atomic mass is 32.2. The van der Waals surface area contributed by atoms with Crippen LogP contribution in [0.15, 0.2) is 24.8 Å². The van der Waals surface area contributed by atoms with Gasteiger partial charge in [-0.15, -0.1) is 6.58 Å². The largest absolute Gasteiger partial charge is 0.478 e. The Labute approximate surface area is 128 Å². The van der Waals surface area contributed by atoms with Crippen LogP contribution in [0.4, 0.5) is 10.5 Å². The first-order valence-corrected chi connectivity index (χ1v) is 7.69. The van der Waals surface area contributed by atoms with Crippen LogP contribution in [-0.4, -0.2) is 35.2 Å². The monoisotopic (exact) mass is 308 g/mol. The number of hydrogen-bond acceptors (Lipinski definition) is 3. The molecule has 114 valence electrons. The number of aromatic carboxylic acids is 1. The number of hydrogen-bond donors (Lipinski definition) is 3. The van der Waals surface area contributed by atoms with E-state index in [2.05, 4.69) is 17.2 Å². The number of carboxylic acid groups (broad SMARTS) is 1. The maximum atomic E-state index is 11.7. The first-order valence-electron chi connectivity index (χ1n) is 6.53. The van der Waals surface area contributed by atoms with E-state index in [4.69, 9.17) is 5.11 Å². The van der Waals surface area contributed by atoms with Crippen LogP contribution >= 0.6 is 11.8 Å². The molecule has 3 N–H and O–H groups in total. The smallest absolute Gasteiger partial charge is 0.336 e. The van der Waals surface area contributed by atoms with Gasteiger partial charge in [0.2, 0.25) is 0 Å². The average Bonchev–Trinajstić information content (AvgIpc) is 2.42. The van der Waals surface area contributed by atoms with Gasteiger partial charge < -0.3 is 15.7 Å². The number of carbonyl (C=O) groups is 2. The normalized spacial score (nSPS) is 10.0. The third-order valence-electron chi connectivity index (χ3n) is 2.92. The van der Waals surface area contributed by atoms with E-state index in [0.717, 1.165) is 17.1 Å². The Kier molecular flexibility index (Phi) is 6.81. The van der Waals surface area contributed by atoms with E-state index in [0.29, 0.717) is 17.8 Å². The van der Waals surface area contributed by atoms with Crippen molar-refractivity contribution >= 4 is 29.4 Å². The molecule has 1 aromatic rings. The molecule has 0 aliphatic carbocycles. The summed E-state index contributed by atoms with van der Waals surface area (Å²) >= 11 is 1.67. The second-order valence-electron chi connectivity index (χ2n) is 4.52. The molecular formula is C15H20N2O3S. The van der Waals surface area contributed by atoms with E-state index < -0.39 is 5.97 Å². The molecule has 6 heteroatoms. The number of urea groups is 1. The zero-order chi connectivity index (χ0) is 15.8. The minimum absolute atomic E-state index is 0.201. The fourth-order valence-corrected chi connectivity index (χ4v) is 2.31. The summed E-state index contributed by atoms with van der Waals surface area (Å²) in [6, 6.07) is 2.89. The van der Waals surface area contributed by atoms with Crippen molar-refractivity contribution in [2.75, 3.05) is 23.4 Å². The third kappa shape index (κ3) is 5.51. The molecule has 0 saturated carbocycles. The minimum Gasteiger partial charge on any atom is -0.478 e. The molecule has 21 heavy (non-hydrogen) atoms. The number of aryl methyl sites for hydroxylation is 1. The number of thioether (sulfide) groups is 1. The van der Waals surface area contributed by atoms with Crippen LogP contribution in [0.1, 0.15) is 21.5 Å². The van der Waals surface area contributed by atoms with Crippen LogP contribution in [0.5, 0.6) is 0 Å². The van der Waals surface area contributed by atoms with Crippen molar-refractivity contribution in [1.29, 1.82) is 0 Å². The summed E-state index contributed by atoms with van der Waals surface area (Å²) in [5, 5.41) is 14.5. The second-order valence-corrected chi connectivity index (χ2v) is 5.67. The summed E-state index contributed by atoms with van der Waals surface area (Å²) in [6.45, 7) is 7.73.